The second-order valence-corrected chi connectivity index (χ2v) is 10.1. The highest BCUT2D eigenvalue weighted by molar-refractivity contribution is 9.10. The highest BCUT2D eigenvalue weighted by Gasteiger charge is 2.34. The molecule has 1 fully saturated rings. The number of hydrogen-bond donors (Lipinski definition) is 0. The van der Waals surface area contributed by atoms with Crippen molar-refractivity contribution in [3.63, 3.8) is 0 Å². The highest BCUT2D eigenvalue weighted by atomic mass is 79.9. The summed E-state index contributed by atoms with van der Waals surface area (Å²) in [5, 5.41) is 11.4. The lowest BCUT2D eigenvalue weighted by Crippen LogP contribution is -2.28. The number of benzene rings is 4. The Morgan fingerprint density at radius 3 is 2.29 bits per heavy atom. The Morgan fingerprint density at radius 1 is 0.947 bits per heavy atom. The number of anilines is 1. The van der Waals surface area contributed by atoms with Crippen LogP contribution in [0.4, 0.5) is 17.1 Å². The van der Waals surface area contributed by atoms with E-state index < -0.39 is 4.92 Å². The van der Waals surface area contributed by atoms with E-state index in [4.69, 9.17) is 9.73 Å². The van der Waals surface area contributed by atoms with Gasteiger partial charge in [-0.05, 0) is 93.4 Å². The summed E-state index contributed by atoms with van der Waals surface area (Å²) in [6, 6.07) is 30.8. The number of carbonyl (C=O) groups excluding carboxylic acids is 1. The van der Waals surface area contributed by atoms with Gasteiger partial charge in [-0.25, -0.2) is 4.99 Å². The standard InChI is InChI=1S/C29H20BrN3O4S/c30-25-17-21(13-16-26(25)37-19-20-11-14-24(15-12-20)33(35)36)18-27-28(34)32(23-9-5-2-6-10-23)29(38-27)31-22-7-3-1-4-8-22/h1-18H,19H2/b27-18+,31-29?. The lowest BCUT2D eigenvalue weighted by atomic mass is 10.2. The minimum atomic E-state index is -0.433. The van der Waals surface area contributed by atoms with Crippen LogP contribution >= 0.6 is 27.7 Å². The topological polar surface area (TPSA) is 85.0 Å². The maximum absolute atomic E-state index is 13.5. The van der Waals surface area contributed by atoms with Gasteiger partial charge in [-0.15, -0.1) is 0 Å². The van der Waals surface area contributed by atoms with Crippen LogP contribution in [0.2, 0.25) is 0 Å². The van der Waals surface area contributed by atoms with Crippen molar-refractivity contribution in [1.82, 2.24) is 0 Å². The highest BCUT2D eigenvalue weighted by Crippen LogP contribution is 2.38. The number of ether oxygens (including phenoxy) is 1. The Hall–Kier alpha value is -4.21. The van der Waals surface area contributed by atoms with Gasteiger partial charge >= 0.3 is 0 Å². The summed E-state index contributed by atoms with van der Waals surface area (Å²) in [4.78, 5) is 30.8. The summed E-state index contributed by atoms with van der Waals surface area (Å²) in [5.74, 6) is 0.471. The molecule has 9 heteroatoms. The molecule has 7 nitrogen and oxygen atoms in total. The first-order valence-electron chi connectivity index (χ1n) is 11.6. The van der Waals surface area contributed by atoms with Gasteiger partial charge in [0.1, 0.15) is 12.4 Å². The van der Waals surface area contributed by atoms with Crippen LogP contribution in [0.15, 0.2) is 117 Å². The van der Waals surface area contributed by atoms with Crippen molar-refractivity contribution < 1.29 is 14.5 Å². The summed E-state index contributed by atoms with van der Waals surface area (Å²) in [6.45, 7) is 0.261. The normalized spacial score (nSPS) is 15.3. The third-order valence-electron chi connectivity index (χ3n) is 5.60. The zero-order valence-electron chi connectivity index (χ0n) is 19.9. The summed E-state index contributed by atoms with van der Waals surface area (Å²) in [5.41, 5.74) is 3.19. The number of amides is 1. The van der Waals surface area contributed by atoms with E-state index >= 15 is 0 Å². The summed E-state index contributed by atoms with van der Waals surface area (Å²) in [6.07, 6.45) is 1.83. The van der Waals surface area contributed by atoms with Gasteiger partial charge in [0.15, 0.2) is 5.17 Å². The number of nitrogens with zero attached hydrogens (tertiary/aromatic N) is 3. The number of thioether (sulfide) groups is 1. The van der Waals surface area contributed by atoms with Gasteiger partial charge in [-0.3, -0.25) is 19.8 Å². The predicted molar refractivity (Wildman–Crippen MR) is 155 cm³/mol. The van der Waals surface area contributed by atoms with Crippen molar-refractivity contribution in [1.29, 1.82) is 0 Å². The average Bonchev–Trinajstić information content (AvgIpc) is 3.23. The fraction of sp³-hybridized carbons (Fsp3) is 0.0345. The Kier molecular flexibility index (Phi) is 7.67. The van der Waals surface area contributed by atoms with Crippen LogP contribution in [0.1, 0.15) is 11.1 Å². The monoisotopic (exact) mass is 585 g/mol. The fourth-order valence-corrected chi connectivity index (χ4v) is 5.23. The number of carbonyl (C=O) groups is 1. The number of hydrogen-bond acceptors (Lipinski definition) is 6. The smallest absolute Gasteiger partial charge is 0.271 e. The Bertz CT molecular complexity index is 1540. The maximum atomic E-state index is 13.5. The van der Waals surface area contributed by atoms with E-state index in [0.717, 1.165) is 27.0 Å². The van der Waals surface area contributed by atoms with Gasteiger partial charge in [0.25, 0.3) is 11.6 Å². The molecule has 0 bridgehead atoms. The number of non-ortho nitro benzene ring substituents is 1. The molecule has 0 atom stereocenters. The van der Waals surface area contributed by atoms with Gasteiger partial charge in [0.05, 0.1) is 25.7 Å². The molecule has 0 unspecified atom stereocenters. The van der Waals surface area contributed by atoms with Crippen LogP contribution in [0.3, 0.4) is 0 Å². The van der Waals surface area contributed by atoms with Crippen LogP contribution in [0, 0.1) is 10.1 Å². The number of halogens is 1. The van der Waals surface area contributed by atoms with Gasteiger partial charge in [-0.1, -0.05) is 42.5 Å². The molecular weight excluding hydrogens is 566 g/mol. The van der Waals surface area contributed by atoms with E-state index in [0.29, 0.717) is 15.8 Å². The number of amidine groups is 1. The molecule has 1 saturated heterocycles. The fourth-order valence-electron chi connectivity index (χ4n) is 3.72. The Balaban J connectivity index is 1.36. The lowest BCUT2D eigenvalue weighted by Gasteiger charge is -2.15. The molecule has 0 saturated carbocycles. The molecule has 4 aromatic rings. The van der Waals surface area contributed by atoms with Crippen molar-refractivity contribution >= 4 is 61.9 Å². The molecule has 0 N–H and O–H groups in total. The molecule has 0 spiro atoms. The van der Waals surface area contributed by atoms with Crippen LogP contribution in [0.25, 0.3) is 6.08 Å². The SMILES string of the molecule is O=C1/C(=C\c2ccc(OCc3ccc([N+](=O)[O-])cc3)c(Br)c2)SC(=Nc2ccccc2)N1c1ccccc1. The molecular formula is C29H20BrN3O4S. The summed E-state index contributed by atoms with van der Waals surface area (Å²) in [7, 11) is 0. The first-order valence-corrected chi connectivity index (χ1v) is 13.2. The van der Waals surface area contributed by atoms with Crippen LogP contribution < -0.4 is 9.64 Å². The van der Waals surface area contributed by atoms with Gasteiger partial charge in [0.2, 0.25) is 0 Å². The van der Waals surface area contributed by atoms with Crippen molar-refractivity contribution in [2.24, 2.45) is 4.99 Å². The lowest BCUT2D eigenvalue weighted by molar-refractivity contribution is -0.384. The van der Waals surface area contributed by atoms with E-state index in [2.05, 4.69) is 15.9 Å². The number of para-hydroxylation sites is 2. The number of rotatable bonds is 7. The Morgan fingerprint density at radius 2 is 1.63 bits per heavy atom. The molecule has 5 rings (SSSR count). The minimum absolute atomic E-state index is 0.0365. The number of aliphatic imine (C=N–C) groups is 1. The number of nitro benzene ring substituents is 1. The molecule has 188 valence electrons. The molecule has 1 amide bonds. The van der Waals surface area contributed by atoms with Gasteiger partial charge in [0, 0.05) is 12.1 Å². The van der Waals surface area contributed by atoms with E-state index in [1.54, 1.807) is 17.0 Å². The van der Waals surface area contributed by atoms with Crippen molar-refractivity contribution in [2.45, 2.75) is 6.61 Å². The largest absolute Gasteiger partial charge is 0.488 e. The molecule has 0 radical (unpaired) electrons. The van der Waals surface area contributed by atoms with Gasteiger partial charge in [-0.2, -0.15) is 0 Å². The quantitative estimate of drug-likeness (QED) is 0.126. The minimum Gasteiger partial charge on any atom is -0.488 e. The van der Waals surface area contributed by atoms with Crippen molar-refractivity contribution in [2.75, 3.05) is 4.90 Å². The van der Waals surface area contributed by atoms with Crippen LogP contribution in [-0.2, 0) is 11.4 Å². The van der Waals surface area contributed by atoms with Crippen molar-refractivity contribution in [3.05, 3.63) is 134 Å². The third-order valence-corrected chi connectivity index (χ3v) is 7.19. The second-order valence-electron chi connectivity index (χ2n) is 8.22. The first-order chi connectivity index (χ1) is 18.5. The molecule has 38 heavy (non-hydrogen) atoms. The molecule has 4 aromatic carbocycles. The predicted octanol–water partition coefficient (Wildman–Crippen LogP) is 7.74. The average molecular weight is 586 g/mol. The van der Waals surface area contributed by atoms with E-state index in [9.17, 15) is 14.9 Å². The number of nitro groups is 1. The van der Waals surface area contributed by atoms with E-state index in [-0.39, 0.29) is 18.2 Å². The van der Waals surface area contributed by atoms with Gasteiger partial charge < -0.3 is 4.74 Å². The van der Waals surface area contributed by atoms with E-state index in [1.807, 2.05) is 84.9 Å². The van der Waals surface area contributed by atoms with E-state index in [1.165, 1.54) is 23.9 Å². The Labute approximate surface area is 231 Å². The maximum Gasteiger partial charge on any atom is 0.271 e. The van der Waals surface area contributed by atoms with Crippen LogP contribution in [-0.4, -0.2) is 16.0 Å². The zero-order chi connectivity index (χ0) is 26.5. The third kappa shape index (κ3) is 5.85. The zero-order valence-corrected chi connectivity index (χ0v) is 22.3. The van der Waals surface area contributed by atoms with Crippen molar-refractivity contribution in [3.8, 4) is 5.75 Å². The second kappa shape index (κ2) is 11.5. The molecule has 1 heterocycles. The summed E-state index contributed by atoms with van der Waals surface area (Å²) < 4.78 is 6.62. The summed E-state index contributed by atoms with van der Waals surface area (Å²) >= 11 is 4.88. The molecule has 0 aliphatic carbocycles. The first kappa shape index (κ1) is 25.4. The molecule has 1 aliphatic heterocycles. The molecule has 0 aromatic heterocycles. The molecule has 1 aliphatic rings. The van der Waals surface area contributed by atoms with Crippen LogP contribution in [0.5, 0.6) is 5.75 Å².